The van der Waals surface area contributed by atoms with Crippen LogP contribution in [0.25, 0.3) is 5.69 Å². The number of rotatable bonds is 4. The smallest absolute Gasteiger partial charge is 0.141 e. The van der Waals surface area contributed by atoms with Gasteiger partial charge in [-0.2, -0.15) is 0 Å². The fourth-order valence-corrected chi connectivity index (χ4v) is 2.18. The Labute approximate surface area is 116 Å². The van der Waals surface area contributed by atoms with Crippen molar-refractivity contribution in [3.63, 3.8) is 0 Å². The Bertz CT molecular complexity index is 582. The summed E-state index contributed by atoms with van der Waals surface area (Å²) < 4.78 is 14.8. The van der Waals surface area contributed by atoms with Gasteiger partial charge in [0, 0.05) is 0 Å². The van der Waals surface area contributed by atoms with Crippen LogP contribution in [0.4, 0.5) is 4.39 Å². The van der Waals surface area contributed by atoms with Crippen LogP contribution in [0, 0.1) is 12.7 Å². The minimum atomic E-state index is -0.440. The zero-order chi connectivity index (χ0) is 14.0. The summed E-state index contributed by atoms with van der Waals surface area (Å²) in [5.74, 6) is -0.440. The first-order valence-corrected chi connectivity index (χ1v) is 6.53. The largest absolute Gasteiger partial charge is 0.309 e. The van der Waals surface area contributed by atoms with Crippen molar-refractivity contribution < 1.29 is 4.39 Å². The molecule has 0 fully saturated rings. The maximum Gasteiger partial charge on any atom is 0.141 e. The summed E-state index contributed by atoms with van der Waals surface area (Å²) >= 11 is 5.79. The monoisotopic (exact) mass is 282 g/mol. The van der Waals surface area contributed by atoms with Crippen molar-refractivity contribution in [1.29, 1.82) is 0 Å². The van der Waals surface area contributed by atoms with Crippen LogP contribution in [0.5, 0.6) is 0 Å². The van der Waals surface area contributed by atoms with E-state index in [-0.39, 0.29) is 11.1 Å². The number of hydrogen-bond donors (Lipinski definition) is 1. The molecular formula is C13H16ClFN4. The first kappa shape index (κ1) is 14.0. The third-order valence-corrected chi connectivity index (χ3v) is 3.29. The van der Waals surface area contributed by atoms with Crippen LogP contribution < -0.4 is 5.32 Å². The summed E-state index contributed by atoms with van der Waals surface area (Å²) in [6.07, 6.45) is 0. The SMILES string of the molecule is CCNC(C)c1nnn(-c2ccc(F)c(Cl)c2)c1C. The molecule has 1 aromatic heterocycles. The minimum absolute atomic E-state index is 0.0775. The van der Waals surface area contributed by atoms with Crippen LogP contribution >= 0.6 is 11.6 Å². The van der Waals surface area contributed by atoms with Crippen LogP contribution in [0.2, 0.25) is 5.02 Å². The van der Waals surface area contributed by atoms with Gasteiger partial charge in [0.25, 0.3) is 0 Å². The summed E-state index contributed by atoms with van der Waals surface area (Å²) in [5, 5.41) is 11.6. The fourth-order valence-electron chi connectivity index (χ4n) is 2.01. The molecule has 2 rings (SSSR count). The quantitative estimate of drug-likeness (QED) is 0.937. The Balaban J connectivity index is 2.38. The summed E-state index contributed by atoms with van der Waals surface area (Å²) in [5.41, 5.74) is 2.49. The number of hydrogen-bond acceptors (Lipinski definition) is 3. The highest BCUT2D eigenvalue weighted by Crippen LogP contribution is 2.21. The van der Waals surface area contributed by atoms with Crippen LogP contribution in [0.3, 0.4) is 0 Å². The fraction of sp³-hybridized carbons (Fsp3) is 0.385. The molecule has 0 aliphatic carbocycles. The summed E-state index contributed by atoms with van der Waals surface area (Å²) in [6.45, 7) is 6.86. The van der Waals surface area contributed by atoms with E-state index < -0.39 is 5.82 Å². The number of nitrogens with zero attached hydrogens (tertiary/aromatic N) is 3. The van der Waals surface area contributed by atoms with E-state index in [1.165, 1.54) is 6.07 Å². The van der Waals surface area contributed by atoms with E-state index >= 15 is 0 Å². The molecule has 2 aromatic rings. The van der Waals surface area contributed by atoms with Crippen molar-refractivity contribution in [2.75, 3.05) is 6.54 Å². The molecule has 0 aliphatic rings. The van der Waals surface area contributed by atoms with Crippen molar-refractivity contribution in [1.82, 2.24) is 20.3 Å². The third-order valence-electron chi connectivity index (χ3n) is 3.00. The summed E-state index contributed by atoms with van der Waals surface area (Å²) in [7, 11) is 0. The lowest BCUT2D eigenvalue weighted by molar-refractivity contribution is 0.579. The average Bonchev–Trinajstić information content (AvgIpc) is 2.75. The van der Waals surface area contributed by atoms with Crippen LogP contribution in [-0.4, -0.2) is 21.5 Å². The number of aromatic nitrogens is 3. The molecule has 1 unspecified atom stereocenters. The van der Waals surface area contributed by atoms with E-state index in [1.807, 2.05) is 20.8 Å². The molecule has 1 aromatic carbocycles. The molecule has 0 saturated carbocycles. The molecular weight excluding hydrogens is 267 g/mol. The molecule has 0 radical (unpaired) electrons. The van der Waals surface area contributed by atoms with Crippen molar-refractivity contribution in [2.24, 2.45) is 0 Å². The number of halogens is 2. The standard InChI is InChI=1S/C13H16ClFN4/c1-4-16-8(2)13-9(3)19(18-17-13)10-5-6-12(15)11(14)7-10/h5-8,16H,4H2,1-3H3. The molecule has 4 nitrogen and oxygen atoms in total. The Kier molecular flexibility index (Phi) is 4.17. The van der Waals surface area contributed by atoms with Gasteiger partial charge in [-0.05, 0) is 38.6 Å². The van der Waals surface area contributed by atoms with E-state index in [1.54, 1.807) is 16.8 Å². The lowest BCUT2D eigenvalue weighted by atomic mass is 10.2. The van der Waals surface area contributed by atoms with E-state index in [0.29, 0.717) is 5.69 Å². The van der Waals surface area contributed by atoms with Gasteiger partial charge >= 0.3 is 0 Å². The molecule has 1 heterocycles. The molecule has 0 spiro atoms. The Hall–Kier alpha value is -1.46. The Morgan fingerprint density at radius 1 is 1.47 bits per heavy atom. The lowest BCUT2D eigenvalue weighted by Gasteiger charge is -2.10. The molecule has 19 heavy (non-hydrogen) atoms. The van der Waals surface area contributed by atoms with Gasteiger partial charge in [-0.1, -0.05) is 23.7 Å². The van der Waals surface area contributed by atoms with Gasteiger partial charge in [0.15, 0.2) is 0 Å². The summed E-state index contributed by atoms with van der Waals surface area (Å²) in [6, 6.07) is 4.62. The van der Waals surface area contributed by atoms with E-state index in [9.17, 15) is 4.39 Å². The maximum absolute atomic E-state index is 13.2. The first-order chi connectivity index (χ1) is 9.04. The van der Waals surface area contributed by atoms with Gasteiger partial charge in [-0.15, -0.1) is 5.10 Å². The van der Waals surface area contributed by atoms with Crippen molar-refractivity contribution in [3.8, 4) is 5.69 Å². The molecule has 0 saturated heterocycles. The van der Waals surface area contributed by atoms with Crippen LogP contribution in [0.15, 0.2) is 18.2 Å². The second-order valence-electron chi connectivity index (χ2n) is 4.35. The van der Waals surface area contributed by atoms with Crippen LogP contribution in [0.1, 0.15) is 31.3 Å². The molecule has 1 atom stereocenters. The zero-order valence-electron chi connectivity index (χ0n) is 11.1. The van der Waals surface area contributed by atoms with Crippen LogP contribution in [-0.2, 0) is 0 Å². The molecule has 1 N–H and O–H groups in total. The zero-order valence-corrected chi connectivity index (χ0v) is 11.9. The van der Waals surface area contributed by atoms with E-state index in [0.717, 1.165) is 17.9 Å². The van der Waals surface area contributed by atoms with Gasteiger partial charge in [0.2, 0.25) is 0 Å². The minimum Gasteiger partial charge on any atom is -0.309 e. The molecule has 6 heteroatoms. The maximum atomic E-state index is 13.2. The molecule has 0 bridgehead atoms. The average molecular weight is 283 g/mol. The molecule has 0 amide bonds. The second kappa shape index (κ2) is 5.67. The van der Waals surface area contributed by atoms with E-state index in [2.05, 4.69) is 15.6 Å². The van der Waals surface area contributed by atoms with Crippen molar-refractivity contribution >= 4 is 11.6 Å². The number of nitrogens with one attached hydrogen (secondary N) is 1. The topological polar surface area (TPSA) is 42.7 Å². The van der Waals surface area contributed by atoms with Crippen molar-refractivity contribution in [2.45, 2.75) is 26.8 Å². The first-order valence-electron chi connectivity index (χ1n) is 6.15. The Morgan fingerprint density at radius 2 is 2.21 bits per heavy atom. The molecule has 0 aliphatic heterocycles. The molecule has 102 valence electrons. The predicted molar refractivity (Wildman–Crippen MR) is 73.2 cm³/mol. The predicted octanol–water partition coefficient (Wildman–Crippen LogP) is 3.04. The highest BCUT2D eigenvalue weighted by atomic mass is 35.5. The normalized spacial score (nSPS) is 12.7. The second-order valence-corrected chi connectivity index (χ2v) is 4.76. The van der Waals surface area contributed by atoms with Crippen molar-refractivity contribution in [3.05, 3.63) is 40.4 Å². The van der Waals surface area contributed by atoms with E-state index in [4.69, 9.17) is 11.6 Å². The van der Waals surface area contributed by atoms with Gasteiger partial charge in [-0.3, -0.25) is 0 Å². The van der Waals surface area contributed by atoms with Gasteiger partial charge < -0.3 is 5.32 Å². The summed E-state index contributed by atoms with van der Waals surface area (Å²) in [4.78, 5) is 0. The number of benzene rings is 1. The third kappa shape index (κ3) is 2.77. The van der Waals surface area contributed by atoms with Gasteiger partial charge in [0.1, 0.15) is 11.5 Å². The highest BCUT2D eigenvalue weighted by molar-refractivity contribution is 6.30. The van der Waals surface area contributed by atoms with Gasteiger partial charge in [0.05, 0.1) is 22.4 Å². The Morgan fingerprint density at radius 3 is 2.84 bits per heavy atom. The lowest BCUT2D eigenvalue weighted by Crippen LogP contribution is -2.19. The van der Waals surface area contributed by atoms with Gasteiger partial charge in [-0.25, -0.2) is 9.07 Å². The highest BCUT2D eigenvalue weighted by Gasteiger charge is 2.16.